The zero-order valence-corrected chi connectivity index (χ0v) is 15.1. The van der Waals surface area contributed by atoms with Crippen LogP contribution in [0.2, 0.25) is 5.02 Å². The van der Waals surface area contributed by atoms with Crippen molar-refractivity contribution in [2.75, 3.05) is 6.61 Å². The Morgan fingerprint density at radius 1 is 1.07 bits per heavy atom. The van der Waals surface area contributed by atoms with Gasteiger partial charge in [0.1, 0.15) is 0 Å². The zero-order valence-electron chi connectivity index (χ0n) is 14.3. The molecule has 0 saturated heterocycles. The monoisotopic (exact) mass is 406 g/mol. The molecule has 3 aromatic rings. The fourth-order valence-corrected chi connectivity index (χ4v) is 2.38. The summed E-state index contributed by atoms with van der Waals surface area (Å²) in [6, 6.07) is 9.54. The molecule has 1 heterocycles. The van der Waals surface area contributed by atoms with Crippen molar-refractivity contribution in [2.45, 2.75) is 12.8 Å². The zero-order chi connectivity index (χ0) is 20.1. The van der Waals surface area contributed by atoms with Crippen LogP contribution in [0.3, 0.4) is 0 Å². The first-order valence-corrected chi connectivity index (χ1v) is 8.52. The molecule has 0 atom stereocenters. The first-order chi connectivity index (χ1) is 13.4. The molecular weight excluding hydrogens is 394 g/mol. The molecule has 9 heteroatoms. The van der Waals surface area contributed by atoms with Gasteiger partial charge in [0.15, 0.2) is 24.0 Å². The fraction of sp³-hybridized carbons (Fsp3) is 0.158. The van der Waals surface area contributed by atoms with E-state index in [2.05, 4.69) is 10.1 Å². The molecule has 0 radical (unpaired) electrons. The maximum absolute atomic E-state index is 13.1. The number of hydrogen-bond acceptors (Lipinski definition) is 6. The van der Waals surface area contributed by atoms with Crippen LogP contribution in [0.4, 0.5) is 8.78 Å². The molecular formula is C19H13ClF2N2O4. The lowest BCUT2D eigenvalue weighted by Crippen LogP contribution is -2.15. The molecule has 0 spiro atoms. The van der Waals surface area contributed by atoms with Gasteiger partial charge in [0, 0.05) is 22.6 Å². The van der Waals surface area contributed by atoms with Crippen LogP contribution in [-0.4, -0.2) is 28.5 Å². The van der Waals surface area contributed by atoms with Crippen LogP contribution in [-0.2, 0) is 16.0 Å². The first kappa shape index (κ1) is 19.6. The summed E-state index contributed by atoms with van der Waals surface area (Å²) in [6.45, 7) is -0.580. The predicted octanol–water partition coefficient (Wildman–Crippen LogP) is 4.03. The van der Waals surface area contributed by atoms with E-state index in [0.29, 0.717) is 16.4 Å². The average molecular weight is 407 g/mol. The van der Waals surface area contributed by atoms with Gasteiger partial charge >= 0.3 is 5.97 Å². The van der Waals surface area contributed by atoms with Crippen LogP contribution >= 0.6 is 11.6 Å². The molecule has 6 nitrogen and oxygen atoms in total. The summed E-state index contributed by atoms with van der Waals surface area (Å²) in [4.78, 5) is 27.8. The van der Waals surface area contributed by atoms with Gasteiger partial charge in [-0.3, -0.25) is 9.59 Å². The van der Waals surface area contributed by atoms with E-state index in [1.807, 2.05) is 0 Å². The number of halogens is 3. The Labute approximate surface area is 163 Å². The molecule has 144 valence electrons. The van der Waals surface area contributed by atoms with Crippen molar-refractivity contribution in [1.82, 2.24) is 10.1 Å². The number of carbonyl (C=O) groups is 2. The van der Waals surface area contributed by atoms with Crippen LogP contribution in [0.1, 0.15) is 22.7 Å². The SMILES string of the molecule is O=C(CCc1nc(-c2ccc(Cl)cc2)no1)OCC(=O)c1ccc(F)c(F)c1. The summed E-state index contributed by atoms with van der Waals surface area (Å²) in [5.41, 5.74) is 0.621. The second-order valence-corrected chi connectivity index (χ2v) is 6.17. The Hall–Kier alpha value is -3.13. The normalized spacial score (nSPS) is 10.7. The van der Waals surface area contributed by atoms with E-state index in [4.69, 9.17) is 20.9 Å². The van der Waals surface area contributed by atoms with Gasteiger partial charge in [0.2, 0.25) is 11.7 Å². The van der Waals surface area contributed by atoms with Gasteiger partial charge < -0.3 is 9.26 Å². The molecule has 0 bridgehead atoms. The number of esters is 1. The van der Waals surface area contributed by atoms with Crippen LogP contribution in [0.25, 0.3) is 11.4 Å². The number of aromatic nitrogens is 2. The minimum atomic E-state index is -1.15. The van der Waals surface area contributed by atoms with Crippen LogP contribution < -0.4 is 0 Å². The Bertz CT molecular complexity index is 1010. The van der Waals surface area contributed by atoms with E-state index in [1.54, 1.807) is 24.3 Å². The van der Waals surface area contributed by atoms with Crippen molar-refractivity contribution in [2.24, 2.45) is 0 Å². The molecule has 2 aromatic carbocycles. The van der Waals surface area contributed by atoms with Gasteiger partial charge in [0.05, 0.1) is 6.42 Å². The topological polar surface area (TPSA) is 82.3 Å². The number of Topliss-reactive ketones (excluding diaryl/α,β-unsaturated/α-hetero) is 1. The fourth-order valence-electron chi connectivity index (χ4n) is 2.25. The number of benzene rings is 2. The lowest BCUT2D eigenvalue weighted by atomic mass is 10.1. The molecule has 0 unspecified atom stereocenters. The maximum Gasteiger partial charge on any atom is 0.306 e. The van der Waals surface area contributed by atoms with E-state index in [-0.39, 0.29) is 24.3 Å². The number of rotatable bonds is 7. The number of hydrogen-bond donors (Lipinski definition) is 0. The highest BCUT2D eigenvalue weighted by molar-refractivity contribution is 6.30. The Morgan fingerprint density at radius 3 is 2.54 bits per heavy atom. The molecule has 0 aliphatic rings. The summed E-state index contributed by atoms with van der Waals surface area (Å²) in [7, 11) is 0. The van der Waals surface area contributed by atoms with Crippen LogP contribution in [0.5, 0.6) is 0 Å². The third-order valence-electron chi connectivity index (χ3n) is 3.72. The summed E-state index contributed by atoms with van der Waals surface area (Å²) >= 11 is 5.82. The standard InChI is InChI=1S/C19H13ClF2N2O4/c20-13-4-1-11(2-5-13)19-23-17(28-24-19)7-8-18(26)27-10-16(25)12-3-6-14(21)15(22)9-12/h1-6,9H,7-8,10H2. The summed E-state index contributed by atoms with van der Waals surface area (Å²) < 4.78 is 35.9. The van der Waals surface area contributed by atoms with Crippen molar-refractivity contribution in [1.29, 1.82) is 0 Å². The number of ether oxygens (including phenoxy) is 1. The van der Waals surface area contributed by atoms with Crippen LogP contribution in [0, 0.1) is 11.6 Å². The van der Waals surface area contributed by atoms with E-state index in [1.165, 1.54) is 0 Å². The van der Waals surface area contributed by atoms with Gasteiger partial charge in [-0.1, -0.05) is 16.8 Å². The third kappa shape index (κ3) is 4.98. The molecule has 0 saturated carbocycles. The van der Waals surface area contributed by atoms with Crippen LogP contribution in [0.15, 0.2) is 47.0 Å². The predicted molar refractivity (Wildman–Crippen MR) is 94.7 cm³/mol. The summed E-state index contributed by atoms with van der Waals surface area (Å²) in [6.07, 6.45) is 0.0338. The summed E-state index contributed by atoms with van der Waals surface area (Å²) in [5.74, 6) is -2.93. The summed E-state index contributed by atoms with van der Waals surface area (Å²) in [5, 5.41) is 4.40. The number of ketones is 1. The number of aryl methyl sites for hydroxylation is 1. The van der Waals surface area contributed by atoms with E-state index >= 15 is 0 Å². The molecule has 0 fully saturated rings. The molecule has 3 rings (SSSR count). The van der Waals surface area contributed by atoms with Gasteiger partial charge in [-0.15, -0.1) is 0 Å². The molecule has 0 N–H and O–H groups in total. The van der Waals surface area contributed by atoms with Gasteiger partial charge in [-0.05, 0) is 42.5 Å². The van der Waals surface area contributed by atoms with E-state index in [0.717, 1.165) is 18.2 Å². The first-order valence-electron chi connectivity index (χ1n) is 8.15. The van der Waals surface area contributed by atoms with Gasteiger partial charge in [-0.2, -0.15) is 4.98 Å². The van der Waals surface area contributed by atoms with Gasteiger partial charge in [0.25, 0.3) is 0 Å². The molecule has 0 aliphatic heterocycles. The lowest BCUT2D eigenvalue weighted by molar-refractivity contribution is -0.142. The highest BCUT2D eigenvalue weighted by Crippen LogP contribution is 2.19. The second kappa shape index (κ2) is 8.71. The lowest BCUT2D eigenvalue weighted by Gasteiger charge is -2.04. The van der Waals surface area contributed by atoms with Crippen molar-refractivity contribution in [3.05, 3.63) is 70.6 Å². The molecule has 28 heavy (non-hydrogen) atoms. The Balaban J connectivity index is 1.48. The van der Waals surface area contributed by atoms with Crippen molar-refractivity contribution >= 4 is 23.4 Å². The molecule has 1 aromatic heterocycles. The second-order valence-electron chi connectivity index (χ2n) is 5.73. The minimum Gasteiger partial charge on any atom is -0.457 e. The highest BCUT2D eigenvalue weighted by Gasteiger charge is 2.14. The van der Waals surface area contributed by atoms with E-state index in [9.17, 15) is 18.4 Å². The largest absolute Gasteiger partial charge is 0.457 e. The number of nitrogens with zero attached hydrogens (tertiary/aromatic N) is 2. The Morgan fingerprint density at radius 2 is 1.82 bits per heavy atom. The smallest absolute Gasteiger partial charge is 0.306 e. The van der Waals surface area contributed by atoms with Gasteiger partial charge in [-0.25, -0.2) is 8.78 Å². The van der Waals surface area contributed by atoms with E-state index < -0.39 is 30.0 Å². The molecule has 0 aliphatic carbocycles. The third-order valence-corrected chi connectivity index (χ3v) is 3.97. The molecule has 0 amide bonds. The maximum atomic E-state index is 13.1. The van der Waals surface area contributed by atoms with Crippen molar-refractivity contribution in [3.63, 3.8) is 0 Å². The average Bonchev–Trinajstić information content (AvgIpc) is 3.16. The van der Waals surface area contributed by atoms with Crippen molar-refractivity contribution < 1.29 is 27.6 Å². The minimum absolute atomic E-state index is 0.0868. The quantitative estimate of drug-likeness (QED) is 0.435. The highest BCUT2D eigenvalue weighted by atomic mass is 35.5. The van der Waals surface area contributed by atoms with Crippen molar-refractivity contribution in [3.8, 4) is 11.4 Å². The number of carbonyl (C=O) groups excluding carboxylic acids is 2. The Kier molecular flexibility index (Phi) is 6.10.